The van der Waals surface area contributed by atoms with Crippen molar-refractivity contribution in [3.8, 4) is 0 Å². The number of nitrogens with zero attached hydrogens (tertiary/aromatic N) is 2. The van der Waals surface area contributed by atoms with Gasteiger partial charge < -0.3 is 10.2 Å². The zero-order valence-electron chi connectivity index (χ0n) is 14.1. The first-order valence-electron chi connectivity index (χ1n) is 8.74. The van der Waals surface area contributed by atoms with Crippen molar-refractivity contribution in [3.05, 3.63) is 0 Å². The number of likely N-dealkylation sites (N-methyl/N-ethyl adjacent to an activating group) is 1. The van der Waals surface area contributed by atoms with Gasteiger partial charge in [-0.05, 0) is 38.6 Å². The Bertz CT molecular complexity index is 265. The van der Waals surface area contributed by atoms with Crippen LogP contribution in [0, 0.1) is 11.8 Å². The Morgan fingerprint density at radius 1 is 1.00 bits per heavy atom. The highest BCUT2D eigenvalue weighted by Gasteiger charge is 2.27. The van der Waals surface area contributed by atoms with Crippen LogP contribution in [0.1, 0.15) is 46.5 Å². The van der Waals surface area contributed by atoms with Gasteiger partial charge in [0.2, 0.25) is 0 Å². The van der Waals surface area contributed by atoms with Crippen LogP contribution >= 0.6 is 0 Å². The van der Waals surface area contributed by atoms with Gasteiger partial charge in [0.15, 0.2) is 0 Å². The minimum absolute atomic E-state index is 0.700. The molecular formula is C17H35N3. The number of rotatable bonds is 6. The van der Waals surface area contributed by atoms with Gasteiger partial charge in [-0.25, -0.2) is 0 Å². The summed E-state index contributed by atoms with van der Waals surface area (Å²) in [4.78, 5) is 5.15. The van der Waals surface area contributed by atoms with Gasteiger partial charge in [0, 0.05) is 44.8 Å². The normalized spacial score (nSPS) is 26.2. The summed E-state index contributed by atoms with van der Waals surface area (Å²) in [5.74, 6) is 1.66. The Morgan fingerprint density at radius 2 is 1.60 bits per heavy atom. The van der Waals surface area contributed by atoms with Crippen molar-refractivity contribution in [2.45, 2.75) is 58.5 Å². The van der Waals surface area contributed by atoms with Crippen LogP contribution in [0.3, 0.4) is 0 Å². The molecule has 2 aliphatic rings. The molecule has 1 saturated carbocycles. The molecule has 0 aromatic rings. The highest BCUT2D eigenvalue weighted by Crippen LogP contribution is 2.27. The standard InChI is InChI=1S/C17H35N3/c1-14(2)17(20-11-9-19(4)10-12-20)13-18-15(3)16-7-5-6-8-16/h14-18H,5-13H2,1-4H3. The second-order valence-electron chi connectivity index (χ2n) is 7.39. The molecular weight excluding hydrogens is 246 g/mol. The van der Waals surface area contributed by atoms with Crippen LogP contribution in [0.25, 0.3) is 0 Å². The summed E-state index contributed by atoms with van der Waals surface area (Å²) in [5.41, 5.74) is 0. The van der Waals surface area contributed by atoms with Gasteiger partial charge in [-0.1, -0.05) is 26.7 Å². The maximum atomic E-state index is 3.86. The maximum absolute atomic E-state index is 3.86. The van der Waals surface area contributed by atoms with Crippen molar-refractivity contribution in [1.82, 2.24) is 15.1 Å². The quantitative estimate of drug-likeness (QED) is 0.807. The minimum Gasteiger partial charge on any atom is -0.312 e. The molecule has 0 bridgehead atoms. The van der Waals surface area contributed by atoms with E-state index >= 15 is 0 Å². The van der Waals surface area contributed by atoms with Crippen molar-refractivity contribution in [1.29, 1.82) is 0 Å². The summed E-state index contributed by atoms with van der Waals surface area (Å²) in [6, 6.07) is 1.40. The van der Waals surface area contributed by atoms with Crippen LogP contribution in [0.2, 0.25) is 0 Å². The van der Waals surface area contributed by atoms with Gasteiger partial charge in [0.25, 0.3) is 0 Å². The first-order valence-corrected chi connectivity index (χ1v) is 8.74. The fraction of sp³-hybridized carbons (Fsp3) is 1.00. The van der Waals surface area contributed by atoms with E-state index in [0.29, 0.717) is 12.1 Å². The Balaban J connectivity index is 1.79. The molecule has 118 valence electrons. The van der Waals surface area contributed by atoms with E-state index in [1.807, 2.05) is 0 Å². The Morgan fingerprint density at radius 3 is 2.15 bits per heavy atom. The van der Waals surface area contributed by atoms with Crippen LogP contribution in [0.5, 0.6) is 0 Å². The fourth-order valence-electron chi connectivity index (χ4n) is 3.87. The maximum Gasteiger partial charge on any atom is 0.0244 e. The summed E-state index contributed by atoms with van der Waals surface area (Å²) in [6.45, 7) is 13.2. The number of hydrogen-bond acceptors (Lipinski definition) is 3. The Kier molecular flexibility index (Phi) is 6.31. The molecule has 0 spiro atoms. The summed E-state index contributed by atoms with van der Waals surface area (Å²) in [7, 11) is 2.24. The predicted octanol–water partition coefficient (Wildman–Crippen LogP) is 2.43. The minimum atomic E-state index is 0.700. The van der Waals surface area contributed by atoms with E-state index in [1.54, 1.807) is 0 Å². The van der Waals surface area contributed by atoms with Gasteiger partial charge in [-0.3, -0.25) is 4.90 Å². The van der Waals surface area contributed by atoms with Crippen molar-refractivity contribution < 1.29 is 0 Å². The Labute approximate surface area is 126 Å². The zero-order valence-corrected chi connectivity index (χ0v) is 14.1. The van der Waals surface area contributed by atoms with E-state index in [2.05, 4.69) is 42.9 Å². The molecule has 0 radical (unpaired) electrons. The van der Waals surface area contributed by atoms with Gasteiger partial charge in [0.1, 0.15) is 0 Å². The topological polar surface area (TPSA) is 18.5 Å². The van der Waals surface area contributed by atoms with Crippen LogP contribution in [0.15, 0.2) is 0 Å². The largest absolute Gasteiger partial charge is 0.312 e. The third-order valence-corrected chi connectivity index (χ3v) is 5.53. The first-order chi connectivity index (χ1) is 9.58. The Hall–Kier alpha value is -0.120. The van der Waals surface area contributed by atoms with E-state index < -0.39 is 0 Å². The third-order valence-electron chi connectivity index (χ3n) is 5.53. The van der Waals surface area contributed by atoms with E-state index in [4.69, 9.17) is 0 Å². The van der Waals surface area contributed by atoms with Crippen molar-refractivity contribution in [2.24, 2.45) is 11.8 Å². The molecule has 3 heteroatoms. The third kappa shape index (κ3) is 4.44. The number of nitrogens with one attached hydrogen (secondary N) is 1. The molecule has 1 saturated heterocycles. The molecule has 2 atom stereocenters. The van der Waals surface area contributed by atoms with E-state index in [9.17, 15) is 0 Å². The molecule has 0 aromatic heterocycles. The van der Waals surface area contributed by atoms with Gasteiger partial charge >= 0.3 is 0 Å². The van der Waals surface area contributed by atoms with E-state index in [1.165, 1.54) is 58.4 Å². The average molecular weight is 281 g/mol. The molecule has 0 amide bonds. The number of piperazine rings is 1. The molecule has 1 N–H and O–H groups in total. The molecule has 2 fully saturated rings. The second-order valence-corrected chi connectivity index (χ2v) is 7.39. The van der Waals surface area contributed by atoms with Crippen molar-refractivity contribution in [2.75, 3.05) is 39.8 Å². The zero-order chi connectivity index (χ0) is 14.5. The van der Waals surface area contributed by atoms with Crippen LogP contribution in [0.4, 0.5) is 0 Å². The van der Waals surface area contributed by atoms with Crippen molar-refractivity contribution >= 4 is 0 Å². The summed E-state index contributed by atoms with van der Waals surface area (Å²) in [5, 5.41) is 3.86. The molecule has 1 aliphatic heterocycles. The van der Waals surface area contributed by atoms with Gasteiger partial charge in [-0.2, -0.15) is 0 Å². The van der Waals surface area contributed by atoms with Crippen LogP contribution in [-0.4, -0.2) is 61.7 Å². The summed E-state index contributed by atoms with van der Waals surface area (Å²) >= 11 is 0. The predicted molar refractivity (Wildman–Crippen MR) is 87.1 cm³/mol. The smallest absolute Gasteiger partial charge is 0.0244 e. The molecule has 2 rings (SSSR count). The lowest BCUT2D eigenvalue weighted by molar-refractivity contribution is 0.0850. The van der Waals surface area contributed by atoms with Crippen LogP contribution in [-0.2, 0) is 0 Å². The summed E-state index contributed by atoms with van der Waals surface area (Å²) in [6.07, 6.45) is 5.77. The van der Waals surface area contributed by atoms with Crippen molar-refractivity contribution in [3.63, 3.8) is 0 Å². The lowest BCUT2D eigenvalue weighted by Crippen LogP contribution is -2.54. The average Bonchev–Trinajstić information content (AvgIpc) is 2.94. The number of hydrogen-bond donors (Lipinski definition) is 1. The second kappa shape index (κ2) is 7.77. The highest BCUT2D eigenvalue weighted by molar-refractivity contribution is 4.84. The van der Waals surface area contributed by atoms with E-state index in [0.717, 1.165) is 11.8 Å². The fourth-order valence-corrected chi connectivity index (χ4v) is 3.87. The highest BCUT2D eigenvalue weighted by atomic mass is 15.3. The van der Waals surface area contributed by atoms with Gasteiger partial charge in [0.05, 0.1) is 0 Å². The molecule has 2 unspecified atom stereocenters. The SMILES string of the molecule is CC(C)C(CNC(C)C1CCCC1)N1CCN(C)CC1. The lowest BCUT2D eigenvalue weighted by atomic mass is 9.97. The molecule has 1 aliphatic carbocycles. The monoisotopic (exact) mass is 281 g/mol. The molecule has 1 heterocycles. The lowest BCUT2D eigenvalue weighted by Gasteiger charge is -2.40. The summed E-state index contributed by atoms with van der Waals surface area (Å²) < 4.78 is 0. The van der Waals surface area contributed by atoms with E-state index in [-0.39, 0.29) is 0 Å². The molecule has 3 nitrogen and oxygen atoms in total. The van der Waals surface area contributed by atoms with Gasteiger partial charge in [-0.15, -0.1) is 0 Å². The molecule has 0 aromatic carbocycles. The first kappa shape index (κ1) is 16.3. The van der Waals surface area contributed by atoms with Crippen LogP contribution < -0.4 is 5.32 Å². The molecule has 20 heavy (non-hydrogen) atoms.